The van der Waals surface area contributed by atoms with Gasteiger partial charge in [-0.2, -0.15) is 0 Å². The van der Waals surface area contributed by atoms with Gasteiger partial charge in [0.05, 0.1) is 22.1 Å². The number of carbonyl (C=O) groups excluding carboxylic acids is 1. The lowest BCUT2D eigenvalue weighted by Gasteiger charge is -2.31. The van der Waals surface area contributed by atoms with Gasteiger partial charge in [-0.25, -0.2) is 5.43 Å². The van der Waals surface area contributed by atoms with Crippen molar-refractivity contribution in [1.29, 1.82) is 0 Å². The maximum atomic E-state index is 11.6. The zero-order valence-electron chi connectivity index (χ0n) is 12.0. The summed E-state index contributed by atoms with van der Waals surface area (Å²) in [6.07, 6.45) is 5.00. The van der Waals surface area contributed by atoms with Crippen LogP contribution in [0.1, 0.15) is 24.4 Å². The van der Waals surface area contributed by atoms with Gasteiger partial charge in [-0.05, 0) is 48.2 Å². The minimum Gasteiger partial charge on any atom is -0.299 e. The third-order valence-electron chi connectivity index (χ3n) is 3.96. The molecule has 7 heteroatoms. The van der Waals surface area contributed by atoms with Crippen LogP contribution >= 0.6 is 46.4 Å². The van der Waals surface area contributed by atoms with Gasteiger partial charge in [0.2, 0.25) is 5.24 Å². The number of alkyl halides is 1. The Morgan fingerprint density at radius 1 is 1.22 bits per heavy atom. The molecular weight excluding hydrogens is 378 g/mol. The van der Waals surface area contributed by atoms with E-state index >= 15 is 0 Å². The fraction of sp³-hybridized carbons (Fsp3) is 0.312. The number of hydrazine groups is 1. The summed E-state index contributed by atoms with van der Waals surface area (Å²) in [4.78, 5) is 11.6. The molecule has 3 nitrogen and oxygen atoms in total. The van der Waals surface area contributed by atoms with Crippen molar-refractivity contribution in [1.82, 2.24) is 10.4 Å². The monoisotopic (exact) mass is 390 g/mol. The highest BCUT2D eigenvalue weighted by Gasteiger charge is 2.38. The second-order valence-corrected chi connectivity index (χ2v) is 7.29. The first kappa shape index (κ1) is 17.1. The molecule has 0 spiro atoms. The van der Waals surface area contributed by atoms with Crippen molar-refractivity contribution < 1.29 is 4.79 Å². The van der Waals surface area contributed by atoms with Crippen LogP contribution in [-0.4, -0.2) is 21.7 Å². The third kappa shape index (κ3) is 3.70. The fourth-order valence-corrected chi connectivity index (χ4v) is 3.70. The normalized spacial score (nSPS) is 27.7. The molecule has 1 aromatic rings. The summed E-state index contributed by atoms with van der Waals surface area (Å²) in [5.41, 5.74) is 4.99. The van der Waals surface area contributed by atoms with Crippen LogP contribution in [0, 0.1) is 0 Å². The first-order valence-corrected chi connectivity index (χ1v) is 8.75. The lowest BCUT2D eigenvalue weighted by Crippen LogP contribution is -2.39. The number of nitrogens with zero attached hydrogens (tertiary/aromatic N) is 1. The maximum Gasteiger partial charge on any atom is 0.240 e. The van der Waals surface area contributed by atoms with Crippen molar-refractivity contribution in [3.05, 3.63) is 57.7 Å². The Bertz CT molecular complexity index is 671. The van der Waals surface area contributed by atoms with Gasteiger partial charge in [0.25, 0.3) is 0 Å². The molecule has 0 amide bonds. The number of hydrogen-bond acceptors (Lipinski definition) is 3. The molecule has 2 aliphatic rings. The van der Waals surface area contributed by atoms with Crippen molar-refractivity contribution in [3.63, 3.8) is 0 Å². The molecule has 0 radical (unpaired) electrons. The summed E-state index contributed by atoms with van der Waals surface area (Å²) in [5.74, 6) is 0. The summed E-state index contributed by atoms with van der Waals surface area (Å²) in [6.45, 7) is 0. The summed E-state index contributed by atoms with van der Waals surface area (Å²) in [7, 11) is 0. The lowest BCUT2D eigenvalue weighted by molar-refractivity contribution is -0.113. The van der Waals surface area contributed by atoms with Gasteiger partial charge >= 0.3 is 0 Å². The van der Waals surface area contributed by atoms with Crippen molar-refractivity contribution in [3.8, 4) is 0 Å². The number of halogens is 4. The Labute approximate surface area is 154 Å². The second kappa shape index (κ2) is 7.04. The van der Waals surface area contributed by atoms with Crippen LogP contribution in [0.2, 0.25) is 5.02 Å². The summed E-state index contributed by atoms with van der Waals surface area (Å²) in [5, 5.41) is 2.59. The van der Waals surface area contributed by atoms with Crippen molar-refractivity contribution in [2.75, 3.05) is 0 Å². The number of carbonyl (C=O) groups is 1. The van der Waals surface area contributed by atoms with E-state index in [0.717, 1.165) is 11.3 Å². The number of allylic oxidation sites excluding steroid dienone is 3. The molecule has 1 saturated heterocycles. The molecule has 1 aromatic carbocycles. The van der Waals surface area contributed by atoms with Gasteiger partial charge in [0.15, 0.2) is 0 Å². The number of hydrogen-bond donors (Lipinski definition) is 1. The molecule has 3 atom stereocenters. The van der Waals surface area contributed by atoms with Crippen molar-refractivity contribution >= 4 is 51.6 Å². The van der Waals surface area contributed by atoms with E-state index in [4.69, 9.17) is 46.4 Å². The topological polar surface area (TPSA) is 32.3 Å². The Hall–Kier alpha value is -0.710. The Morgan fingerprint density at radius 2 is 1.91 bits per heavy atom. The predicted molar refractivity (Wildman–Crippen MR) is 94.7 cm³/mol. The number of nitrogens with one attached hydrogen (secondary N) is 1. The van der Waals surface area contributed by atoms with Gasteiger partial charge in [0.1, 0.15) is 6.04 Å². The molecule has 0 saturated carbocycles. The minimum absolute atomic E-state index is 0.0692. The van der Waals surface area contributed by atoms with E-state index in [2.05, 4.69) is 5.43 Å². The molecular formula is C16H14Cl4N2O. The Morgan fingerprint density at radius 3 is 2.52 bits per heavy atom. The van der Waals surface area contributed by atoms with Crippen LogP contribution in [0.4, 0.5) is 0 Å². The smallest absolute Gasteiger partial charge is 0.240 e. The zero-order chi connectivity index (χ0) is 16.6. The van der Waals surface area contributed by atoms with E-state index in [1.807, 2.05) is 35.4 Å². The average molecular weight is 392 g/mol. The molecule has 1 N–H and O–H groups in total. The van der Waals surface area contributed by atoms with E-state index in [9.17, 15) is 4.79 Å². The van der Waals surface area contributed by atoms with E-state index < -0.39 is 11.3 Å². The van der Waals surface area contributed by atoms with Gasteiger partial charge in [0, 0.05) is 5.02 Å². The molecule has 0 aromatic heterocycles. The summed E-state index contributed by atoms with van der Waals surface area (Å²) in [6, 6.07) is 7.00. The van der Waals surface area contributed by atoms with Crippen LogP contribution in [0.3, 0.4) is 0 Å². The van der Waals surface area contributed by atoms with Gasteiger partial charge in [-0.15, -0.1) is 11.6 Å². The molecule has 1 aliphatic carbocycles. The van der Waals surface area contributed by atoms with Crippen LogP contribution in [0.25, 0.3) is 0 Å². The highest BCUT2D eigenvalue weighted by molar-refractivity contribution is 6.64. The van der Waals surface area contributed by atoms with Crippen LogP contribution in [0.5, 0.6) is 0 Å². The maximum absolute atomic E-state index is 11.6. The highest BCUT2D eigenvalue weighted by Crippen LogP contribution is 2.38. The number of rotatable bonds is 3. The van der Waals surface area contributed by atoms with Crippen molar-refractivity contribution in [2.24, 2.45) is 0 Å². The minimum atomic E-state index is -0.462. The predicted octanol–water partition coefficient (Wildman–Crippen LogP) is 4.74. The van der Waals surface area contributed by atoms with Crippen LogP contribution in [0.15, 0.2) is 47.1 Å². The van der Waals surface area contributed by atoms with E-state index in [0.29, 0.717) is 22.9 Å². The summed E-state index contributed by atoms with van der Waals surface area (Å²) < 4.78 is 0. The van der Waals surface area contributed by atoms with Crippen LogP contribution < -0.4 is 5.43 Å². The molecule has 1 heterocycles. The van der Waals surface area contributed by atoms with E-state index in [-0.39, 0.29) is 11.4 Å². The number of benzene rings is 1. The quantitative estimate of drug-likeness (QED) is 0.596. The largest absolute Gasteiger partial charge is 0.299 e. The average Bonchev–Trinajstić information content (AvgIpc) is 2.93. The molecule has 3 unspecified atom stereocenters. The van der Waals surface area contributed by atoms with Crippen LogP contribution in [-0.2, 0) is 4.79 Å². The SMILES string of the molecule is O=C(Cl)C1CC(c2ccc(Cl)cc2)N(C2=CCC(Cl)C=C2Cl)N1. The molecule has 122 valence electrons. The van der Waals surface area contributed by atoms with Gasteiger partial charge in [-0.3, -0.25) is 9.80 Å². The first-order chi connectivity index (χ1) is 11.0. The second-order valence-electron chi connectivity index (χ2n) is 5.51. The molecule has 3 rings (SSSR count). The third-order valence-corrected chi connectivity index (χ3v) is 5.10. The standard InChI is InChI=1S/C16H14Cl4N2O/c17-10-3-1-9(2-4-10)15-8-13(16(20)23)21-22(15)14-6-5-11(18)7-12(14)19/h1-4,6-7,11,13,15,21H,5,8H2. The fourth-order valence-electron chi connectivity index (χ4n) is 2.84. The van der Waals surface area contributed by atoms with Gasteiger partial charge < -0.3 is 0 Å². The van der Waals surface area contributed by atoms with Crippen molar-refractivity contribution in [2.45, 2.75) is 30.3 Å². The first-order valence-electron chi connectivity index (χ1n) is 7.18. The van der Waals surface area contributed by atoms with Gasteiger partial charge in [-0.1, -0.05) is 41.4 Å². The van der Waals surface area contributed by atoms with E-state index in [1.54, 1.807) is 6.08 Å². The highest BCUT2D eigenvalue weighted by atomic mass is 35.5. The molecule has 1 aliphatic heterocycles. The Kier molecular flexibility index (Phi) is 5.24. The summed E-state index contributed by atoms with van der Waals surface area (Å²) >= 11 is 24.1. The Balaban J connectivity index is 1.93. The molecule has 1 fully saturated rings. The van der Waals surface area contributed by atoms with E-state index in [1.165, 1.54) is 0 Å². The zero-order valence-corrected chi connectivity index (χ0v) is 15.0. The lowest BCUT2D eigenvalue weighted by atomic mass is 10.0. The molecule has 0 bridgehead atoms. The molecule has 23 heavy (non-hydrogen) atoms.